The van der Waals surface area contributed by atoms with Crippen molar-refractivity contribution in [1.29, 1.82) is 0 Å². The molecule has 0 aliphatic heterocycles. The van der Waals surface area contributed by atoms with Crippen molar-refractivity contribution in [2.24, 2.45) is 0 Å². The number of hydrogen-bond acceptors (Lipinski definition) is 1. The maximum absolute atomic E-state index is 13.6. The molecular formula is C13H18FNO. The van der Waals surface area contributed by atoms with Gasteiger partial charge in [0.2, 0.25) is 0 Å². The average Bonchev–Trinajstić information content (AvgIpc) is 2.20. The highest BCUT2D eigenvalue weighted by Crippen LogP contribution is 2.12. The van der Waals surface area contributed by atoms with Crippen molar-refractivity contribution in [2.45, 2.75) is 39.7 Å². The fourth-order valence-electron chi connectivity index (χ4n) is 1.51. The molecule has 0 atom stereocenters. The summed E-state index contributed by atoms with van der Waals surface area (Å²) in [6, 6.07) is 4.73. The van der Waals surface area contributed by atoms with Gasteiger partial charge in [-0.2, -0.15) is 0 Å². The van der Waals surface area contributed by atoms with Gasteiger partial charge >= 0.3 is 0 Å². The van der Waals surface area contributed by atoms with Crippen molar-refractivity contribution in [1.82, 2.24) is 5.32 Å². The second-order valence-electron chi connectivity index (χ2n) is 4.18. The zero-order chi connectivity index (χ0) is 12.1. The fourth-order valence-corrected chi connectivity index (χ4v) is 1.51. The second kappa shape index (κ2) is 5.64. The minimum atomic E-state index is -0.293. The topological polar surface area (TPSA) is 29.1 Å². The molecule has 0 fully saturated rings. The third-order valence-electron chi connectivity index (χ3n) is 2.25. The van der Waals surface area contributed by atoms with Crippen molar-refractivity contribution in [2.75, 3.05) is 0 Å². The van der Waals surface area contributed by atoms with E-state index in [1.165, 1.54) is 6.07 Å². The molecular weight excluding hydrogens is 205 g/mol. The number of carbonyl (C=O) groups excluding carboxylic acids is 1. The molecule has 1 N–H and O–H groups in total. The lowest BCUT2D eigenvalue weighted by molar-refractivity contribution is 0.0942. The maximum atomic E-state index is 13.6. The molecule has 16 heavy (non-hydrogen) atoms. The third-order valence-corrected chi connectivity index (χ3v) is 2.25. The van der Waals surface area contributed by atoms with Gasteiger partial charge in [-0.1, -0.05) is 19.4 Å². The van der Waals surface area contributed by atoms with E-state index in [9.17, 15) is 9.18 Å². The Balaban J connectivity index is 2.84. The van der Waals surface area contributed by atoms with Crippen LogP contribution in [0, 0.1) is 5.82 Å². The lowest BCUT2D eigenvalue weighted by atomic mass is 10.1. The zero-order valence-corrected chi connectivity index (χ0v) is 10.0. The van der Waals surface area contributed by atoms with Gasteiger partial charge in [0.05, 0.1) is 0 Å². The molecule has 1 amide bonds. The lowest BCUT2D eigenvalue weighted by Crippen LogP contribution is -2.30. The number of benzene rings is 1. The molecule has 1 aromatic carbocycles. The van der Waals surface area contributed by atoms with Crippen LogP contribution in [-0.4, -0.2) is 11.9 Å². The van der Waals surface area contributed by atoms with Crippen LogP contribution in [0.1, 0.15) is 43.1 Å². The molecule has 1 aromatic rings. The molecule has 3 heteroatoms. The first-order chi connectivity index (χ1) is 7.54. The van der Waals surface area contributed by atoms with Gasteiger partial charge in [0.15, 0.2) is 0 Å². The summed E-state index contributed by atoms with van der Waals surface area (Å²) in [5.74, 6) is -0.518. The molecule has 0 aromatic heterocycles. The van der Waals surface area contributed by atoms with Gasteiger partial charge in [-0.25, -0.2) is 4.39 Å². The Kier molecular flexibility index (Phi) is 4.47. The van der Waals surface area contributed by atoms with Gasteiger partial charge in [0, 0.05) is 11.6 Å². The Bertz CT molecular complexity index is 374. The first-order valence-corrected chi connectivity index (χ1v) is 5.64. The molecule has 1 rings (SSSR count). The third kappa shape index (κ3) is 3.33. The molecule has 0 heterocycles. The molecule has 0 bridgehead atoms. The summed E-state index contributed by atoms with van der Waals surface area (Å²) in [6.45, 7) is 5.75. The van der Waals surface area contributed by atoms with Gasteiger partial charge in [-0.15, -0.1) is 0 Å². The average molecular weight is 223 g/mol. The first-order valence-electron chi connectivity index (χ1n) is 5.64. The van der Waals surface area contributed by atoms with Crippen LogP contribution in [0.4, 0.5) is 4.39 Å². The normalized spacial score (nSPS) is 10.6. The Morgan fingerprint density at radius 3 is 2.62 bits per heavy atom. The van der Waals surface area contributed by atoms with Crippen LogP contribution >= 0.6 is 0 Å². The van der Waals surface area contributed by atoms with Gasteiger partial charge in [-0.05, 0) is 38.0 Å². The van der Waals surface area contributed by atoms with E-state index in [2.05, 4.69) is 5.32 Å². The molecule has 88 valence electrons. The van der Waals surface area contributed by atoms with Gasteiger partial charge < -0.3 is 5.32 Å². The van der Waals surface area contributed by atoms with E-state index in [1.807, 2.05) is 20.8 Å². The van der Waals surface area contributed by atoms with Crippen LogP contribution in [0.15, 0.2) is 18.2 Å². The predicted octanol–water partition coefficient (Wildman–Crippen LogP) is 2.92. The van der Waals surface area contributed by atoms with Crippen LogP contribution < -0.4 is 5.32 Å². The number of aryl methyl sites for hydroxylation is 1. The van der Waals surface area contributed by atoms with Gasteiger partial charge in [-0.3, -0.25) is 4.79 Å². The van der Waals surface area contributed by atoms with Crippen LogP contribution in [0.25, 0.3) is 0 Å². The highest BCUT2D eigenvalue weighted by atomic mass is 19.1. The van der Waals surface area contributed by atoms with E-state index in [0.717, 1.165) is 6.42 Å². The number of amides is 1. The van der Waals surface area contributed by atoms with E-state index in [4.69, 9.17) is 0 Å². The minimum Gasteiger partial charge on any atom is -0.350 e. The summed E-state index contributed by atoms with van der Waals surface area (Å²) in [4.78, 5) is 11.6. The predicted molar refractivity (Wildman–Crippen MR) is 63.0 cm³/mol. The zero-order valence-electron chi connectivity index (χ0n) is 10.0. The van der Waals surface area contributed by atoms with Crippen molar-refractivity contribution >= 4 is 5.91 Å². The highest BCUT2D eigenvalue weighted by Gasteiger charge is 2.09. The van der Waals surface area contributed by atoms with Crippen LogP contribution in [0.2, 0.25) is 0 Å². The number of carbonyl (C=O) groups is 1. The Morgan fingerprint density at radius 1 is 1.44 bits per heavy atom. The molecule has 0 radical (unpaired) electrons. The standard InChI is InChI=1S/C13H18FNO/c1-4-5-10-6-7-11(8-12(10)14)13(16)15-9(2)3/h6-9H,4-5H2,1-3H3,(H,15,16). The summed E-state index contributed by atoms with van der Waals surface area (Å²) >= 11 is 0. The van der Waals surface area contributed by atoms with Crippen LogP contribution in [0.3, 0.4) is 0 Å². The fraction of sp³-hybridized carbons (Fsp3) is 0.462. The largest absolute Gasteiger partial charge is 0.350 e. The number of halogens is 1. The van der Waals surface area contributed by atoms with E-state index in [1.54, 1.807) is 12.1 Å². The van der Waals surface area contributed by atoms with E-state index in [0.29, 0.717) is 17.5 Å². The number of nitrogens with one attached hydrogen (secondary N) is 1. The monoisotopic (exact) mass is 223 g/mol. The van der Waals surface area contributed by atoms with Crippen LogP contribution in [0.5, 0.6) is 0 Å². The smallest absolute Gasteiger partial charge is 0.251 e. The Hall–Kier alpha value is -1.38. The summed E-state index contributed by atoms with van der Waals surface area (Å²) in [7, 11) is 0. The van der Waals surface area contributed by atoms with Gasteiger partial charge in [0.25, 0.3) is 5.91 Å². The summed E-state index contributed by atoms with van der Waals surface area (Å²) in [6.07, 6.45) is 1.60. The number of hydrogen-bond donors (Lipinski definition) is 1. The SMILES string of the molecule is CCCc1ccc(C(=O)NC(C)C)cc1F. The van der Waals surface area contributed by atoms with Crippen molar-refractivity contribution < 1.29 is 9.18 Å². The molecule has 0 unspecified atom stereocenters. The first kappa shape index (κ1) is 12.7. The molecule has 0 saturated heterocycles. The maximum Gasteiger partial charge on any atom is 0.251 e. The Labute approximate surface area is 95.9 Å². The second-order valence-corrected chi connectivity index (χ2v) is 4.18. The number of rotatable bonds is 4. The van der Waals surface area contributed by atoms with Crippen molar-refractivity contribution in [3.05, 3.63) is 35.1 Å². The summed E-state index contributed by atoms with van der Waals surface area (Å²) in [5, 5.41) is 2.73. The molecule has 0 saturated carbocycles. The molecule has 0 aliphatic rings. The van der Waals surface area contributed by atoms with Crippen LogP contribution in [-0.2, 0) is 6.42 Å². The van der Waals surface area contributed by atoms with Crippen molar-refractivity contribution in [3.63, 3.8) is 0 Å². The van der Waals surface area contributed by atoms with E-state index >= 15 is 0 Å². The molecule has 2 nitrogen and oxygen atoms in total. The van der Waals surface area contributed by atoms with E-state index in [-0.39, 0.29) is 17.8 Å². The highest BCUT2D eigenvalue weighted by molar-refractivity contribution is 5.94. The quantitative estimate of drug-likeness (QED) is 0.835. The van der Waals surface area contributed by atoms with Crippen molar-refractivity contribution in [3.8, 4) is 0 Å². The van der Waals surface area contributed by atoms with Gasteiger partial charge in [0.1, 0.15) is 5.82 Å². The molecule has 0 spiro atoms. The van der Waals surface area contributed by atoms with E-state index < -0.39 is 0 Å². The summed E-state index contributed by atoms with van der Waals surface area (Å²) < 4.78 is 13.6. The molecule has 0 aliphatic carbocycles. The lowest BCUT2D eigenvalue weighted by Gasteiger charge is -2.09. The minimum absolute atomic E-state index is 0.0610. The summed E-state index contributed by atoms with van der Waals surface area (Å²) in [5.41, 5.74) is 1.05. The Morgan fingerprint density at radius 2 is 2.12 bits per heavy atom.